The highest BCUT2D eigenvalue weighted by Crippen LogP contribution is 2.31. The Morgan fingerprint density at radius 1 is 0.938 bits per heavy atom. The third-order valence-corrected chi connectivity index (χ3v) is 5.92. The lowest BCUT2D eigenvalue weighted by molar-refractivity contribution is 0.687. The lowest BCUT2D eigenvalue weighted by Gasteiger charge is -2.22. The molecule has 0 spiro atoms. The molecule has 6 nitrogen and oxygen atoms in total. The quantitative estimate of drug-likeness (QED) is 0.377. The summed E-state index contributed by atoms with van der Waals surface area (Å²) >= 11 is 0. The third-order valence-electron chi connectivity index (χ3n) is 5.92. The predicted octanol–water partition coefficient (Wildman–Crippen LogP) is 5.21. The summed E-state index contributed by atoms with van der Waals surface area (Å²) in [6.45, 7) is 2.96. The number of hydrogen-bond acceptors (Lipinski definition) is 4. The van der Waals surface area contributed by atoms with Crippen LogP contribution in [0.4, 0.5) is 11.5 Å². The second-order valence-corrected chi connectivity index (χ2v) is 8.05. The summed E-state index contributed by atoms with van der Waals surface area (Å²) < 4.78 is 4.01. The molecule has 3 aromatic heterocycles. The minimum absolute atomic E-state index is 0.768. The van der Waals surface area contributed by atoms with Gasteiger partial charge in [0.25, 0.3) is 0 Å². The summed E-state index contributed by atoms with van der Waals surface area (Å²) in [6.07, 6.45) is 8.64. The minimum atomic E-state index is 0.768. The van der Waals surface area contributed by atoms with E-state index in [2.05, 4.69) is 88.7 Å². The van der Waals surface area contributed by atoms with Crippen molar-refractivity contribution in [2.24, 2.45) is 7.05 Å². The number of rotatable bonds is 6. The van der Waals surface area contributed by atoms with Gasteiger partial charge in [-0.15, -0.1) is 0 Å². The maximum absolute atomic E-state index is 4.63. The van der Waals surface area contributed by atoms with Gasteiger partial charge in [-0.2, -0.15) is 5.10 Å². The van der Waals surface area contributed by atoms with Gasteiger partial charge in [-0.05, 0) is 35.2 Å². The lowest BCUT2D eigenvalue weighted by Crippen LogP contribution is -2.13. The van der Waals surface area contributed by atoms with Crippen molar-refractivity contribution in [3.8, 4) is 11.1 Å². The van der Waals surface area contributed by atoms with E-state index in [4.69, 9.17) is 0 Å². The molecule has 6 heteroatoms. The smallest absolute Gasteiger partial charge is 0.134 e. The summed E-state index contributed by atoms with van der Waals surface area (Å²) in [6, 6.07) is 19.1. The zero-order valence-electron chi connectivity index (χ0n) is 18.6. The van der Waals surface area contributed by atoms with E-state index in [-0.39, 0.29) is 0 Å². The number of hydrogen-bond donors (Lipinski definition) is 0. The lowest BCUT2D eigenvalue weighted by atomic mass is 10.0. The molecule has 0 aliphatic rings. The molecule has 0 saturated carbocycles. The van der Waals surface area contributed by atoms with Gasteiger partial charge < -0.3 is 9.47 Å². The molecule has 0 atom stereocenters. The van der Waals surface area contributed by atoms with Gasteiger partial charge in [-0.25, -0.2) is 9.97 Å². The molecule has 0 aliphatic carbocycles. The first-order chi connectivity index (χ1) is 15.6. The first-order valence-corrected chi connectivity index (χ1v) is 10.8. The van der Waals surface area contributed by atoms with E-state index in [1.54, 1.807) is 0 Å². The number of imidazole rings is 1. The van der Waals surface area contributed by atoms with Crippen LogP contribution in [0.5, 0.6) is 0 Å². The van der Waals surface area contributed by atoms with E-state index >= 15 is 0 Å². The van der Waals surface area contributed by atoms with Gasteiger partial charge in [-0.3, -0.25) is 4.68 Å². The summed E-state index contributed by atoms with van der Waals surface area (Å²) in [5, 5.41) is 4.57. The van der Waals surface area contributed by atoms with Crippen LogP contribution in [0.25, 0.3) is 22.2 Å². The fourth-order valence-electron chi connectivity index (χ4n) is 4.07. The van der Waals surface area contributed by atoms with Gasteiger partial charge in [0.15, 0.2) is 0 Å². The van der Waals surface area contributed by atoms with Crippen molar-refractivity contribution in [3.05, 3.63) is 90.6 Å². The molecular weight excluding hydrogens is 396 g/mol. The number of aryl methyl sites for hydroxylation is 2. The molecule has 5 rings (SSSR count). The Bertz CT molecular complexity index is 1370. The fraction of sp³-hybridized carbons (Fsp3) is 0.192. The normalized spacial score (nSPS) is 11.2. The number of fused-ring (bicyclic) bond motifs is 1. The molecule has 0 fully saturated rings. The van der Waals surface area contributed by atoms with Crippen LogP contribution < -0.4 is 4.90 Å². The molecule has 0 aliphatic heterocycles. The van der Waals surface area contributed by atoms with Gasteiger partial charge in [0.2, 0.25) is 0 Å². The summed E-state index contributed by atoms with van der Waals surface area (Å²) in [5.41, 5.74) is 7.94. The van der Waals surface area contributed by atoms with Gasteiger partial charge in [-0.1, -0.05) is 43.3 Å². The Hall–Kier alpha value is -3.93. The molecule has 32 heavy (non-hydrogen) atoms. The van der Waals surface area contributed by atoms with E-state index in [0.29, 0.717) is 0 Å². The van der Waals surface area contributed by atoms with Gasteiger partial charge in [0.05, 0.1) is 30.8 Å². The van der Waals surface area contributed by atoms with Crippen LogP contribution in [-0.4, -0.2) is 31.4 Å². The zero-order chi connectivity index (χ0) is 22.1. The van der Waals surface area contributed by atoms with E-state index in [1.165, 1.54) is 16.7 Å². The van der Waals surface area contributed by atoms with Crippen LogP contribution in [0.1, 0.15) is 18.1 Å². The molecule has 0 N–H and O–H groups in total. The maximum Gasteiger partial charge on any atom is 0.134 e. The van der Waals surface area contributed by atoms with Crippen LogP contribution in [-0.2, 0) is 20.0 Å². The van der Waals surface area contributed by atoms with E-state index in [9.17, 15) is 0 Å². The monoisotopic (exact) mass is 422 g/mol. The highest BCUT2D eigenvalue weighted by atomic mass is 15.3. The summed E-state index contributed by atoms with van der Waals surface area (Å²) in [7, 11) is 4.07. The molecule has 0 unspecified atom stereocenters. The van der Waals surface area contributed by atoms with Crippen molar-refractivity contribution in [1.82, 2.24) is 24.3 Å². The molecular formula is C26H26N6. The number of nitrogens with zero attached hydrogens (tertiary/aromatic N) is 6. The number of anilines is 2. The Morgan fingerprint density at radius 3 is 2.59 bits per heavy atom. The fourth-order valence-corrected chi connectivity index (χ4v) is 4.07. The number of pyridine rings is 1. The first kappa shape index (κ1) is 20.0. The van der Waals surface area contributed by atoms with E-state index < -0.39 is 0 Å². The van der Waals surface area contributed by atoms with Crippen LogP contribution in [0, 0.1) is 0 Å². The standard InChI is InChI=1S/C26H26N6/c1-4-20-12-21(22-14-29-32(17-22)16-19-8-6-5-7-9-19)10-11-24(20)31(3)26-13-25-23(15-27-26)28-18-30(25)2/h5-15,17-18H,4,16H2,1-3H3. The van der Waals surface area contributed by atoms with Crippen LogP contribution in [0.3, 0.4) is 0 Å². The average Bonchev–Trinajstić information content (AvgIpc) is 3.45. The van der Waals surface area contributed by atoms with Gasteiger partial charge in [0, 0.05) is 37.6 Å². The van der Waals surface area contributed by atoms with Crippen molar-refractivity contribution in [3.63, 3.8) is 0 Å². The molecule has 5 aromatic rings. The second kappa shape index (κ2) is 8.30. The molecule has 0 saturated heterocycles. The highest BCUT2D eigenvalue weighted by Gasteiger charge is 2.13. The molecule has 2 aromatic carbocycles. The molecule has 3 heterocycles. The van der Waals surface area contributed by atoms with Crippen molar-refractivity contribution >= 4 is 22.5 Å². The van der Waals surface area contributed by atoms with Crippen molar-refractivity contribution in [2.75, 3.05) is 11.9 Å². The predicted molar refractivity (Wildman–Crippen MR) is 129 cm³/mol. The van der Waals surface area contributed by atoms with Crippen molar-refractivity contribution in [1.29, 1.82) is 0 Å². The maximum atomic E-state index is 4.63. The van der Waals surface area contributed by atoms with Crippen molar-refractivity contribution in [2.45, 2.75) is 19.9 Å². The SMILES string of the molecule is CCc1cc(-c2cnn(Cc3ccccc3)c2)ccc1N(C)c1cc2c(cn1)ncn2C. The van der Waals surface area contributed by atoms with Crippen LogP contribution >= 0.6 is 0 Å². The molecule has 0 bridgehead atoms. The Kier molecular flexibility index (Phi) is 5.19. The Balaban J connectivity index is 1.43. The average molecular weight is 423 g/mol. The molecule has 160 valence electrons. The largest absolute Gasteiger partial charge is 0.334 e. The van der Waals surface area contributed by atoms with Crippen LogP contribution in [0.15, 0.2) is 79.5 Å². The Morgan fingerprint density at radius 2 is 1.78 bits per heavy atom. The van der Waals surface area contributed by atoms with Gasteiger partial charge in [0.1, 0.15) is 11.3 Å². The van der Waals surface area contributed by atoms with Crippen molar-refractivity contribution < 1.29 is 0 Å². The zero-order valence-corrected chi connectivity index (χ0v) is 18.6. The topological polar surface area (TPSA) is 51.8 Å². The van der Waals surface area contributed by atoms with Crippen LogP contribution in [0.2, 0.25) is 0 Å². The van der Waals surface area contributed by atoms with E-state index in [0.717, 1.165) is 41.1 Å². The first-order valence-electron chi connectivity index (χ1n) is 10.8. The molecule has 0 radical (unpaired) electrons. The van der Waals surface area contributed by atoms with E-state index in [1.807, 2.05) is 41.1 Å². The highest BCUT2D eigenvalue weighted by molar-refractivity contribution is 5.79. The Labute approximate surface area is 187 Å². The molecule has 0 amide bonds. The summed E-state index contributed by atoms with van der Waals surface area (Å²) in [4.78, 5) is 11.2. The number of benzene rings is 2. The minimum Gasteiger partial charge on any atom is -0.334 e. The number of aromatic nitrogens is 5. The third kappa shape index (κ3) is 3.75. The van der Waals surface area contributed by atoms with Gasteiger partial charge >= 0.3 is 0 Å². The summed E-state index contributed by atoms with van der Waals surface area (Å²) in [5.74, 6) is 0.902. The second-order valence-electron chi connectivity index (χ2n) is 8.05.